The van der Waals surface area contributed by atoms with Gasteiger partial charge in [0.15, 0.2) is 0 Å². The zero-order chi connectivity index (χ0) is 14.1. The van der Waals surface area contributed by atoms with Gasteiger partial charge in [-0.3, -0.25) is 0 Å². The number of furan rings is 1. The van der Waals surface area contributed by atoms with Gasteiger partial charge in [0.05, 0.1) is 24.5 Å². The number of anilines is 1. The van der Waals surface area contributed by atoms with Crippen molar-refractivity contribution in [3.05, 3.63) is 41.8 Å². The molecular formula is C14H11ClN2O3. The number of hydrogen-bond donors (Lipinski definition) is 1. The van der Waals surface area contributed by atoms with Crippen molar-refractivity contribution < 1.29 is 13.7 Å². The van der Waals surface area contributed by atoms with Crippen LogP contribution in [0.5, 0.6) is 5.75 Å². The largest absolute Gasteiger partial charge is 0.496 e. The second-order valence-corrected chi connectivity index (χ2v) is 4.42. The summed E-state index contributed by atoms with van der Waals surface area (Å²) < 4.78 is 15.5. The summed E-state index contributed by atoms with van der Waals surface area (Å²) in [6.45, 7) is 0. The number of nitrogen functional groups attached to an aromatic ring is 1. The molecule has 0 amide bonds. The van der Waals surface area contributed by atoms with Crippen molar-refractivity contribution in [2.45, 2.75) is 0 Å². The monoisotopic (exact) mass is 290 g/mol. The number of nitrogens with two attached hydrogens (primary N) is 1. The molecule has 0 atom stereocenters. The molecule has 6 heteroatoms. The Morgan fingerprint density at radius 1 is 1.20 bits per heavy atom. The van der Waals surface area contributed by atoms with Gasteiger partial charge in [-0.2, -0.15) is 0 Å². The Morgan fingerprint density at radius 2 is 2.00 bits per heavy atom. The Bertz CT molecular complexity index is 748. The van der Waals surface area contributed by atoms with Crippen LogP contribution in [0, 0.1) is 0 Å². The molecule has 2 aromatic heterocycles. The van der Waals surface area contributed by atoms with Gasteiger partial charge in [0.2, 0.25) is 11.1 Å². The molecule has 0 aliphatic carbocycles. The number of para-hydroxylation sites is 1. The van der Waals surface area contributed by atoms with E-state index in [2.05, 4.69) is 5.16 Å². The minimum absolute atomic E-state index is 0.196. The third-order valence-electron chi connectivity index (χ3n) is 2.97. The standard InChI is InChI=1S/C14H11ClN2O3/c1-18-10-5-3-2-4-8(10)11-12(17-20-14(11)16)9-6-7-19-13(9)15/h2-7H,16H2,1H3. The molecule has 3 rings (SSSR count). The summed E-state index contributed by atoms with van der Waals surface area (Å²) in [6, 6.07) is 9.17. The molecular weight excluding hydrogens is 280 g/mol. The number of aromatic nitrogens is 1. The van der Waals surface area contributed by atoms with Crippen LogP contribution in [0.4, 0.5) is 5.88 Å². The quantitative estimate of drug-likeness (QED) is 0.793. The Labute approximate surface area is 119 Å². The molecule has 0 radical (unpaired) electrons. The van der Waals surface area contributed by atoms with E-state index in [0.29, 0.717) is 22.6 Å². The van der Waals surface area contributed by atoms with E-state index >= 15 is 0 Å². The summed E-state index contributed by atoms with van der Waals surface area (Å²) in [7, 11) is 1.59. The topological polar surface area (TPSA) is 74.4 Å². The molecule has 2 heterocycles. The summed E-state index contributed by atoms with van der Waals surface area (Å²) >= 11 is 6.00. The first kappa shape index (κ1) is 12.6. The van der Waals surface area contributed by atoms with Gasteiger partial charge in [-0.05, 0) is 23.7 Å². The van der Waals surface area contributed by atoms with E-state index in [0.717, 1.165) is 5.56 Å². The van der Waals surface area contributed by atoms with E-state index < -0.39 is 0 Å². The zero-order valence-electron chi connectivity index (χ0n) is 10.6. The van der Waals surface area contributed by atoms with Gasteiger partial charge in [-0.15, -0.1) is 0 Å². The Balaban J connectivity index is 2.25. The second kappa shape index (κ2) is 4.94. The molecule has 0 saturated carbocycles. The number of nitrogens with zero attached hydrogens (tertiary/aromatic N) is 1. The fraction of sp³-hybridized carbons (Fsp3) is 0.0714. The highest BCUT2D eigenvalue weighted by molar-refractivity contribution is 6.31. The molecule has 0 aliphatic heterocycles. The predicted molar refractivity (Wildman–Crippen MR) is 75.6 cm³/mol. The Kier molecular flexibility index (Phi) is 3.12. The lowest BCUT2D eigenvalue weighted by atomic mass is 10.0. The van der Waals surface area contributed by atoms with Crippen molar-refractivity contribution in [3.63, 3.8) is 0 Å². The van der Waals surface area contributed by atoms with Gasteiger partial charge in [0.1, 0.15) is 11.4 Å². The summed E-state index contributed by atoms with van der Waals surface area (Å²) in [5.74, 6) is 0.866. The number of hydrogen-bond acceptors (Lipinski definition) is 5. The van der Waals surface area contributed by atoms with Crippen LogP contribution >= 0.6 is 11.6 Å². The van der Waals surface area contributed by atoms with Gasteiger partial charge in [-0.1, -0.05) is 23.4 Å². The van der Waals surface area contributed by atoms with Crippen LogP contribution in [-0.2, 0) is 0 Å². The average Bonchev–Trinajstić information content (AvgIpc) is 3.04. The van der Waals surface area contributed by atoms with Gasteiger partial charge < -0.3 is 19.4 Å². The summed E-state index contributed by atoms with van der Waals surface area (Å²) in [4.78, 5) is 0. The number of halogens is 1. The number of methoxy groups -OCH3 is 1. The lowest BCUT2D eigenvalue weighted by Gasteiger charge is -2.07. The van der Waals surface area contributed by atoms with E-state index in [1.807, 2.05) is 24.3 Å². The average molecular weight is 291 g/mol. The van der Waals surface area contributed by atoms with E-state index in [-0.39, 0.29) is 11.1 Å². The maximum absolute atomic E-state index is 6.00. The third-order valence-corrected chi connectivity index (χ3v) is 3.26. The van der Waals surface area contributed by atoms with Crippen molar-refractivity contribution in [1.82, 2.24) is 5.16 Å². The molecule has 102 valence electrons. The summed E-state index contributed by atoms with van der Waals surface area (Å²) in [5.41, 5.74) is 8.44. The lowest BCUT2D eigenvalue weighted by Crippen LogP contribution is -1.91. The van der Waals surface area contributed by atoms with Crippen LogP contribution < -0.4 is 10.5 Å². The highest BCUT2D eigenvalue weighted by Gasteiger charge is 2.22. The maximum atomic E-state index is 6.00. The molecule has 3 aromatic rings. The minimum Gasteiger partial charge on any atom is -0.496 e. The molecule has 20 heavy (non-hydrogen) atoms. The third kappa shape index (κ3) is 1.92. The van der Waals surface area contributed by atoms with Crippen LogP contribution in [-0.4, -0.2) is 12.3 Å². The summed E-state index contributed by atoms with van der Waals surface area (Å²) in [6.07, 6.45) is 1.48. The predicted octanol–water partition coefficient (Wildman–Crippen LogP) is 3.85. The molecule has 0 bridgehead atoms. The molecule has 5 nitrogen and oxygen atoms in total. The lowest BCUT2D eigenvalue weighted by molar-refractivity contribution is 0.416. The maximum Gasteiger partial charge on any atom is 0.230 e. The fourth-order valence-corrected chi connectivity index (χ4v) is 2.26. The van der Waals surface area contributed by atoms with Crippen molar-refractivity contribution in [1.29, 1.82) is 0 Å². The van der Waals surface area contributed by atoms with Crippen molar-refractivity contribution in [3.8, 4) is 28.1 Å². The smallest absolute Gasteiger partial charge is 0.230 e. The molecule has 2 N–H and O–H groups in total. The van der Waals surface area contributed by atoms with Crippen LogP contribution in [0.1, 0.15) is 0 Å². The van der Waals surface area contributed by atoms with Crippen molar-refractivity contribution in [2.75, 3.05) is 12.8 Å². The number of rotatable bonds is 3. The molecule has 0 saturated heterocycles. The van der Waals surface area contributed by atoms with Gasteiger partial charge in [0.25, 0.3) is 0 Å². The molecule has 0 fully saturated rings. The molecule has 0 spiro atoms. The van der Waals surface area contributed by atoms with E-state index in [1.54, 1.807) is 13.2 Å². The van der Waals surface area contributed by atoms with Crippen molar-refractivity contribution >= 4 is 17.5 Å². The van der Waals surface area contributed by atoms with Gasteiger partial charge in [-0.25, -0.2) is 0 Å². The highest BCUT2D eigenvalue weighted by Crippen LogP contribution is 2.42. The fourth-order valence-electron chi connectivity index (χ4n) is 2.06. The number of benzene rings is 1. The second-order valence-electron chi connectivity index (χ2n) is 4.08. The SMILES string of the molecule is COc1ccccc1-c1c(-c2ccoc2Cl)noc1N. The van der Waals surface area contributed by atoms with E-state index in [9.17, 15) is 0 Å². The van der Waals surface area contributed by atoms with Crippen LogP contribution in [0.25, 0.3) is 22.4 Å². The number of ether oxygens (including phenoxy) is 1. The van der Waals surface area contributed by atoms with Crippen LogP contribution in [0.3, 0.4) is 0 Å². The normalized spacial score (nSPS) is 10.7. The molecule has 0 unspecified atom stereocenters. The van der Waals surface area contributed by atoms with Gasteiger partial charge >= 0.3 is 0 Å². The minimum atomic E-state index is 0.196. The van der Waals surface area contributed by atoms with E-state index in [4.69, 9.17) is 31.0 Å². The first-order valence-electron chi connectivity index (χ1n) is 5.84. The Morgan fingerprint density at radius 3 is 2.70 bits per heavy atom. The zero-order valence-corrected chi connectivity index (χ0v) is 11.3. The van der Waals surface area contributed by atoms with Crippen LogP contribution in [0.2, 0.25) is 5.22 Å². The molecule has 0 aliphatic rings. The Hall–Kier alpha value is -2.40. The van der Waals surface area contributed by atoms with Crippen LogP contribution in [0.15, 0.2) is 45.5 Å². The van der Waals surface area contributed by atoms with E-state index in [1.165, 1.54) is 6.26 Å². The molecule has 1 aromatic carbocycles. The van der Waals surface area contributed by atoms with Gasteiger partial charge in [0, 0.05) is 5.56 Å². The van der Waals surface area contributed by atoms with Crippen molar-refractivity contribution in [2.24, 2.45) is 0 Å². The first-order valence-corrected chi connectivity index (χ1v) is 6.22. The highest BCUT2D eigenvalue weighted by atomic mass is 35.5. The summed E-state index contributed by atoms with van der Waals surface area (Å²) in [5, 5.41) is 4.20. The first-order chi connectivity index (χ1) is 9.72.